The van der Waals surface area contributed by atoms with Crippen molar-refractivity contribution in [3.63, 3.8) is 0 Å². The summed E-state index contributed by atoms with van der Waals surface area (Å²) in [5.74, 6) is 2.91. The van der Waals surface area contributed by atoms with Crippen LogP contribution in [0.25, 0.3) is 0 Å². The minimum Gasteiger partial charge on any atom is -0.507 e. The molecule has 0 spiro atoms. The molecule has 0 amide bonds. The summed E-state index contributed by atoms with van der Waals surface area (Å²) in [7, 11) is 3.29. The molecule has 0 aromatic heterocycles. The normalized spacial score (nSPS) is 17.3. The summed E-state index contributed by atoms with van der Waals surface area (Å²) < 4.78 is 21.9. The maximum absolute atomic E-state index is 10.7. The summed E-state index contributed by atoms with van der Waals surface area (Å²) in [5, 5.41) is 10.7. The first-order valence-electron chi connectivity index (χ1n) is 8.79. The zero-order valence-electron chi connectivity index (χ0n) is 15.0. The second-order valence-corrected chi connectivity index (χ2v) is 6.52. The molecule has 2 aromatic carbocycles. The predicted octanol–water partition coefficient (Wildman–Crippen LogP) is 3.32. The number of hydrogen-bond donors (Lipinski definition) is 1. The average Bonchev–Trinajstić information content (AvgIpc) is 3.34. The van der Waals surface area contributed by atoms with Gasteiger partial charge in [-0.15, -0.1) is 0 Å². The van der Waals surface area contributed by atoms with Crippen molar-refractivity contribution in [3.05, 3.63) is 41.5 Å². The summed E-state index contributed by atoms with van der Waals surface area (Å²) in [5.41, 5.74) is 1.78. The van der Waals surface area contributed by atoms with E-state index < -0.39 is 0 Å². The summed E-state index contributed by atoms with van der Waals surface area (Å²) in [6.07, 6.45) is 2.28. The highest BCUT2D eigenvalue weighted by molar-refractivity contribution is 5.56. The highest BCUT2D eigenvalue weighted by atomic mass is 16.7. The smallest absolute Gasteiger partial charge is 0.231 e. The quantitative estimate of drug-likeness (QED) is 0.886. The Labute approximate surface area is 152 Å². The molecule has 138 valence electrons. The summed E-state index contributed by atoms with van der Waals surface area (Å²) in [4.78, 5) is 2.36. The van der Waals surface area contributed by atoms with Gasteiger partial charge < -0.3 is 24.1 Å². The SMILES string of the molecule is COc1ccc(C(c2cc3c(cc2O)OCO3)N2CCCC2)c(OC)c1. The third-order valence-electron chi connectivity index (χ3n) is 5.06. The minimum absolute atomic E-state index is 0.132. The summed E-state index contributed by atoms with van der Waals surface area (Å²) >= 11 is 0. The Morgan fingerprint density at radius 1 is 0.962 bits per heavy atom. The molecule has 26 heavy (non-hydrogen) atoms. The summed E-state index contributed by atoms with van der Waals surface area (Å²) in [6.45, 7) is 2.11. The topological polar surface area (TPSA) is 60.4 Å². The molecule has 2 aromatic rings. The van der Waals surface area contributed by atoms with E-state index in [9.17, 15) is 5.11 Å². The van der Waals surface area contributed by atoms with Crippen molar-refractivity contribution < 1.29 is 24.1 Å². The van der Waals surface area contributed by atoms with Crippen LogP contribution in [-0.2, 0) is 0 Å². The van der Waals surface area contributed by atoms with Gasteiger partial charge in [0.2, 0.25) is 6.79 Å². The molecule has 2 aliphatic heterocycles. The van der Waals surface area contributed by atoms with Crippen LogP contribution in [0.5, 0.6) is 28.7 Å². The molecule has 2 aliphatic rings. The lowest BCUT2D eigenvalue weighted by atomic mass is 9.95. The Kier molecular flexibility index (Phi) is 4.51. The number of ether oxygens (including phenoxy) is 4. The van der Waals surface area contributed by atoms with Gasteiger partial charge in [-0.2, -0.15) is 0 Å². The number of hydrogen-bond acceptors (Lipinski definition) is 6. The van der Waals surface area contributed by atoms with Crippen LogP contribution in [0, 0.1) is 0 Å². The van der Waals surface area contributed by atoms with Crippen molar-refractivity contribution in [1.29, 1.82) is 0 Å². The van der Waals surface area contributed by atoms with Crippen LogP contribution >= 0.6 is 0 Å². The molecule has 2 heterocycles. The van der Waals surface area contributed by atoms with E-state index in [1.54, 1.807) is 20.3 Å². The van der Waals surface area contributed by atoms with E-state index in [1.807, 2.05) is 24.3 Å². The molecule has 0 aliphatic carbocycles. The van der Waals surface area contributed by atoms with Crippen molar-refractivity contribution in [2.45, 2.75) is 18.9 Å². The third-order valence-corrected chi connectivity index (χ3v) is 5.06. The van der Waals surface area contributed by atoms with Crippen molar-refractivity contribution in [3.8, 4) is 28.7 Å². The molecule has 1 N–H and O–H groups in total. The van der Waals surface area contributed by atoms with Gasteiger partial charge in [0.05, 0.1) is 20.3 Å². The fraction of sp³-hybridized carbons (Fsp3) is 0.400. The number of benzene rings is 2. The van der Waals surface area contributed by atoms with Crippen LogP contribution < -0.4 is 18.9 Å². The number of methoxy groups -OCH3 is 2. The van der Waals surface area contributed by atoms with Gasteiger partial charge in [-0.05, 0) is 44.1 Å². The number of phenolic OH excluding ortho intramolecular Hbond substituents is 1. The maximum atomic E-state index is 10.7. The number of phenols is 1. The molecule has 6 heteroatoms. The molecule has 1 unspecified atom stereocenters. The van der Waals surface area contributed by atoms with E-state index in [2.05, 4.69) is 4.90 Å². The van der Waals surface area contributed by atoms with Crippen LogP contribution in [-0.4, -0.2) is 44.1 Å². The fourth-order valence-corrected chi connectivity index (χ4v) is 3.77. The molecule has 4 rings (SSSR count). The van der Waals surface area contributed by atoms with Gasteiger partial charge in [0.15, 0.2) is 11.5 Å². The van der Waals surface area contributed by atoms with Gasteiger partial charge in [0, 0.05) is 23.3 Å². The van der Waals surface area contributed by atoms with Gasteiger partial charge in [0.25, 0.3) is 0 Å². The third kappa shape index (κ3) is 2.90. The molecule has 0 saturated carbocycles. The van der Waals surface area contributed by atoms with E-state index in [0.29, 0.717) is 11.5 Å². The van der Waals surface area contributed by atoms with Crippen molar-refractivity contribution in [2.24, 2.45) is 0 Å². The Hall–Kier alpha value is -2.60. The van der Waals surface area contributed by atoms with Gasteiger partial charge in [-0.3, -0.25) is 4.90 Å². The van der Waals surface area contributed by atoms with Crippen LogP contribution in [0.1, 0.15) is 30.0 Å². The van der Waals surface area contributed by atoms with E-state index in [1.165, 1.54) is 0 Å². The zero-order chi connectivity index (χ0) is 18.1. The van der Waals surface area contributed by atoms with Gasteiger partial charge >= 0.3 is 0 Å². The molecular weight excluding hydrogens is 334 g/mol. The number of likely N-dealkylation sites (tertiary alicyclic amines) is 1. The number of fused-ring (bicyclic) bond motifs is 1. The van der Waals surface area contributed by atoms with E-state index in [4.69, 9.17) is 18.9 Å². The van der Waals surface area contributed by atoms with E-state index in [0.717, 1.165) is 48.6 Å². The van der Waals surface area contributed by atoms with Crippen molar-refractivity contribution in [1.82, 2.24) is 4.90 Å². The lowest BCUT2D eigenvalue weighted by molar-refractivity contribution is 0.173. The first kappa shape index (κ1) is 16.8. The van der Waals surface area contributed by atoms with Gasteiger partial charge in [-0.25, -0.2) is 0 Å². The molecule has 1 saturated heterocycles. The first-order valence-corrected chi connectivity index (χ1v) is 8.79. The Morgan fingerprint density at radius 3 is 2.38 bits per heavy atom. The molecule has 1 atom stereocenters. The maximum Gasteiger partial charge on any atom is 0.231 e. The Bertz CT molecular complexity index is 801. The summed E-state index contributed by atoms with van der Waals surface area (Å²) in [6, 6.07) is 9.19. The molecule has 0 bridgehead atoms. The van der Waals surface area contributed by atoms with E-state index >= 15 is 0 Å². The van der Waals surface area contributed by atoms with Crippen LogP contribution in [0.3, 0.4) is 0 Å². The average molecular weight is 357 g/mol. The Morgan fingerprint density at radius 2 is 1.69 bits per heavy atom. The second kappa shape index (κ2) is 6.96. The highest BCUT2D eigenvalue weighted by Crippen LogP contribution is 2.46. The lowest BCUT2D eigenvalue weighted by Gasteiger charge is -2.30. The fourth-order valence-electron chi connectivity index (χ4n) is 3.77. The molecule has 0 radical (unpaired) electrons. The Balaban J connectivity index is 1.84. The number of rotatable bonds is 5. The molecular formula is C20H23NO5. The molecule has 6 nitrogen and oxygen atoms in total. The van der Waals surface area contributed by atoms with Gasteiger partial charge in [0.1, 0.15) is 17.2 Å². The standard InChI is InChI=1S/C20H23NO5/c1-23-13-5-6-14(17(9-13)24-2)20(21-7-3-4-8-21)15-10-18-19(11-16(15)22)26-12-25-18/h5-6,9-11,20,22H,3-4,7-8,12H2,1-2H3. The highest BCUT2D eigenvalue weighted by Gasteiger charge is 2.31. The molecule has 1 fully saturated rings. The predicted molar refractivity (Wildman–Crippen MR) is 96.4 cm³/mol. The number of nitrogens with zero attached hydrogens (tertiary/aromatic N) is 1. The minimum atomic E-state index is -0.132. The first-order chi connectivity index (χ1) is 12.7. The van der Waals surface area contributed by atoms with Gasteiger partial charge in [-0.1, -0.05) is 0 Å². The van der Waals surface area contributed by atoms with Crippen molar-refractivity contribution in [2.75, 3.05) is 34.1 Å². The number of aromatic hydroxyl groups is 1. The second-order valence-electron chi connectivity index (χ2n) is 6.52. The lowest BCUT2D eigenvalue weighted by Crippen LogP contribution is -2.27. The monoisotopic (exact) mass is 357 g/mol. The van der Waals surface area contributed by atoms with Crippen molar-refractivity contribution >= 4 is 0 Å². The van der Waals surface area contributed by atoms with Crippen LogP contribution in [0.15, 0.2) is 30.3 Å². The van der Waals surface area contributed by atoms with Crippen LogP contribution in [0.2, 0.25) is 0 Å². The van der Waals surface area contributed by atoms with Crippen LogP contribution in [0.4, 0.5) is 0 Å². The largest absolute Gasteiger partial charge is 0.507 e. The van der Waals surface area contributed by atoms with E-state index in [-0.39, 0.29) is 18.6 Å². The zero-order valence-corrected chi connectivity index (χ0v) is 15.0.